The number of Topliss-reactive ketones (excluding diaryl/α,β-unsaturated/α-hetero) is 1. The van der Waals surface area contributed by atoms with E-state index in [0.717, 1.165) is 49.5 Å². The molecule has 2 aliphatic rings. The van der Waals surface area contributed by atoms with Crippen molar-refractivity contribution in [1.29, 1.82) is 0 Å². The summed E-state index contributed by atoms with van der Waals surface area (Å²) in [5, 5.41) is 3.91. The highest BCUT2D eigenvalue weighted by Gasteiger charge is 2.23. The van der Waals surface area contributed by atoms with Crippen molar-refractivity contribution in [3.05, 3.63) is 52.4 Å². The molecule has 0 spiro atoms. The molecule has 4 rings (SSSR count). The van der Waals surface area contributed by atoms with Crippen molar-refractivity contribution in [3.63, 3.8) is 0 Å². The molecule has 1 aromatic heterocycles. The number of aryl methyl sites for hydroxylation is 3. The minimum Gasteiger partial charge on any atom is -0.360 e. The lowest BCUT2D eigenvalue weighted by atomic mass is 10.0. The van der Waals surface area contributed by atoms with Gasteiger partial charge in [-0.3, -0.25) is 14.5 Å². The van der Waals surface area contributed by atoms with Crippen LogP contribution in [0.3, 0.4) is 0 Å². The molecule has 1 aromatic carbocycles. The van der Waals surface area contributed by atoms with Gasteiger partial charge in [-0.1, -0.05) is 17.3 Å². The Balaban J connectivity index is 1.23. The Hall–Kier alpha value is -2.47. The Morgan fingerprint density at radius 2 is 1.82 bits per heavy atom. The smallest absolute Gasteiger partial charge is 0.223 e. The van der Waals surface area contributed by atoms with E-state index in [-0.39, 0.29) is 24.5 Å². The van der Waals surface area contributed by atoms with Gasteiger partial charge in [-0.15, -0.1) is 0 Å². The van der Waals surface area contributed by atoms with Crippen molar-refractivity contribution >= 4 is 11.7 Å². The van der Waals surface area contributed by atoms with Gasteiger partial charge >= 0.3 is 0 Å². The molecule has 6 nitrogen and oxygen atoms in total. The fraction of sp³-hybridized carbons (Fsp3) is 0.500. The largest absolute Gasteiger partial charge is 0.360 e. The number of fused-ring (bicyclic) bond motifs is 1. The third kappa shape index (κ3) is 4.33. The Morgan fingerprint density at radius 3 is 2.57 bits per heavy atom. The zero-order valence-electron chi connectivity index (χ0n) is 16.4. The first-order valence-corrected chi connectivity index (χ1v) is 10.2. The number of aromatic nitrogens is 1. The van der Waals surface area contributed by atoms with Crippen molar-refractivity contribution in [2.75, 3.05) is 26.2 Å². The molecular formula is C22H27N3O3. The van der Waals surface area contributed by atoms with E-state index in [2.05, 4.69) is 16.1 Å². The fourth-order valence-corrected chi connectivity index (χ4v) is 4.13. The lowest BCUT2D eigenvalue weighted by Gasteiger charge is -2.34. The minimum atomic E-state index is 0.0716. The second-order valence-electron chi connectivity index (χ2n) is 7.85. The van der Waals surface area contributed by atoms with Gasteiger partial charge in [0.25, 0.3) is 0 Å². The molecule has 1 aliphatic carbocycles. The van der Waals surface area contributed by atoms with Gasteiger partial charge in [0.05, 0.1) is 12.2 Å². The number of rotatable bonds is 6. The third-order valence-electron chi connectivity index (χ3n) is 5.77. The monoisotopic (exact) mass is 381 g/mol. The maximum Gasteiger partial charge on any atom is 0.223 e. The Labute approximate surface area is 165 Å². The standard InChI is InChI=1S/C22H27N3O3/c1-16-13-20(28-23-16)15-24-9-11-25(12-10-24)22(27)8-7-21(26)19-6-5-17-3-2-4-18(17)14-19/h5-6,13-14H,2-4,7-12,15H2,1H3. The molecule has 1 amide bonds. The molecule has 0 bridgehead atoms. The predicted molar refractivity (Wildman–Crippen MR) is 105 cm³/mol. The molecule has 1 fully saturated rings. The van der Waals surface area contributed by atoms with Crippen LogP contribution in [-0.4, -0.2) is 52.8 Å². The number of carbonyl (C=O) groups excluding carboxylic acids is 2. The van der Waals surface area contributed by atoms with E-state index in [0.29, 0.717) is 13.1 Å². The first-order valence-electron chi connectivity index (χ1n) is 10.2. The molecule has 148 valence electrons. The van der Waals surface area contributed by atoms with Crippen molar-refractivity contribution in [3.8, 4) is 0 Å². The second kappa shape index (κ2) is 8.27. The van der Waals surface area contributed by atoms with Crippen LogP contribution >= 0.6 is 0 Å². The Kier molecular flexibility index (Phi) is 5.57. The maximum atomic E-state index is 12.5. The van der Waals surface area contributed by atoms with Crippen LogP contribution in [0.1, 0.15) is 52.2 Å². The molecule has 1 saturated heterocycles. The Bertz CT molecular complexity index is 866. The molecule has 2 aromatic rings. The first-order chi connectivity index (χ1) is 13.6. The molecular weight excluding hydrogens is 354 g/mol. The SMILES string of the molecule is Cc1cc(CN2CCN(C(=O)CCC(=O)c3ccc4c(c3)CCC4)CC2)on1. The summed E-state index contributed by atoms with van der Waals surface area (Å²) in [5.41, 5.74) is 4.30. The van der Waals surface area contributed by atoms with E-state index >= 15 is 0 Å². The number of ketones is 1. The average Bonchev–Trinajstić information content (AvgIpc) is 3.34. The molecule has 28 heavy (non-hydrogen) atoms. The van der Waals surface area contributed by atoms with Gasteiger partial charge in [-0.25, -0.2) is 0 Å². The number of carbonyl (C=O) groups is 2. The molecule has 6 heteroatoms. The summed E-state index contributed by atoms with van der Waals surface area (Å²) >= 11 is 0. The molecule has 1 aliphatic heterocycles. The average molecular weight is 381 g/mol. The van der Waals surface area contributed by atoms with Gasteiger partial charge in [0, 0.05) is 50.7 Å². The van der Waals surface area contributed by atoms with Crippen LogP contribution in [0.25, 0.3) is 0 Å². The van der Waals surface area contributed by atoms with Crippen LogP contribution in [0.15, 0.2) is 28.8 Å². The fourth-order valence-electron chi connectivity index (χ4n) is 4.13. The van der Waals surface area contributed by atoms with Crippen LogP contribution in [-0.2, 0) is 24.2 Å². The van der Waals surface area contributed by atoms with Gasteiger partial charge in [-0.05, 0) is 43.4 Å². The van der Waals surface area contributed by atoms with Crippen LogP contribution in [0, 0.1) is 6.92 Å². The third-order valence-corrected chi connectivity index (χ3v) is 5.77. The molecule has 0 N–H and O–H groups in total. The topological polar surface area (TPSA) is 66.7 Å². The number of hydrogen-bond acceptors (Lipinski definition) is 5. The van der Waals surface area contributed by atoms with E-state index in [9.17, 15) is 9.59 Å². The van der Waals surface area contributed by atoms with E-state index < -0.39 is 0 Å². The molecule has 0 saturated carbocycles. The first kappa shape index (κ1) is 18.9. The molecule has 2 heterocycles. The lowest BCUT2D eigenvalue weighted by molar-refractivity contribution is -0.133. The van der Waals surface area contributed by atoms with E-state index in [1.165, 1.54) is 17.5 Å². The molecule has 0 atom stereocenters. The summed E-state index contributed by atoms with van der Waals surface area (Å²) in [5.74, 6) is 1.00. The predicted octanol–water partition coefficient (Wildman–Crippen LogP) is 2.78. The van der Waals surface area contributed by atoms with Gasteiger partial charge in [0.2, 0.25) is 5.91 Å². The summed E-state index contributed by atoms with van der Waals surface area (Å²) in [4.78, 5) is 29.1. The summed E-state index contributed by atoms with van der Waals surface area (Å²) < 4.78 is 5.27. The van der Waals surface area contributed by atoms with Crippen molar-refractivity contribution in [2.45, 2.75) is 45.6 Å². The second-order valence-corrected chi connectivity index (χ2v) is 7.85. The normalized spacial score (nSPS) is 17.0. The quantitative estimate of drug-likeness (QED) is 0.720. The van der Waals surface area contributed by atoms with Gasteiger partial charge in [0.15, 0.2) is 11.5 Å². The lowest BCUT2D eigenvalue weighted by Crippen LogP contribution is -2.48. The van der Waals surface area contributed by atoms with Crippen LogP contribution in [0.2, 0.25) is 0 Å². The van der Waals surface area contributed by atoms with Crippen molar-refractivity contribution in [2.24, 2.45) is 0 Å². The summed E-state index contributed by atoms with van der Waals surface area (Å²) in [6.45, 7) is 5.64. The highest BCUT2D eigenvalue weighted by atomic mass is 16.5. The van der Waals surface area contributed by atoms with Gasteiger partial charge in [0.1, 0.15) is 0 Å². The number of piperazine rings is 1. The highest BCUT2D eigenvalue weighted by molar-refractivity contribution is 5.98. The number of hydrogen-bond donors (Lipinski definition) is 0. The summed E-state index contributed by atoms with van der Waals surface area (Å²) in [6.07, 6.45) is 3.93. The highest BCUT2D eigenvalue weighted by Crippen LogP contribution is 2.23. The minimum absolute atomic E-state index is 0.0716. The van der Waals surface area contributed by atoms with Crippen LogP contribution in [0.4, 0.5) is 0 Å². The number of benzene rings is 1. The van der Waals surface area contributed by atoms with Crippen molar-refractivity contribution < 1.29 is 14.1 Å². The molecule has 0 radical (unpaired) electrons. The zero-order valence-corrected chi connectivity index (χ0v) is 16.4. The van der Waals surface area contributed by atoms with Gasteiger partial charge in [-0.2, -0.15) is 0 Å². The molecule has 0 unspecified atom stereocenters. The van der Waals surface area contributed by atoms with E-state index in [1.54, 1.807) is 0 Å². The number of amides is 1. The van der Waals surface area contributed by atoms with Crippen LogP contribution < -0.4 is 0 Å². The van der Waals surface area contributed by atoms with Gasteiger partial charge < -0.3 is 9.42 Å². The zero-order chi connectivity index (χ0) is 19.5. The van der Waals surface area contributed by atoms with Crippen LogP contribution in [0.5, 0.6) is 0 Å². The Morgan fingerprint density at radius 1 is 1.04 bits per heavy atom. The van der Waals surface area contributed by atoms with E-state index in [4.69, 9.17) is 4.52 Å². The maximum absolute atomic E-state index is 12.5. The van der Waals surface area contributed by atoms with E-state index in [1.807, 2.05) is 30.0 Å². The number of nitrogens with zero attached hydrogens (tertiary/aromatic N) is 3. The summed E-state index contributed by atoms with van der Waals surface area (Å²) in [7, 11) is 0. The summed E-state index contributed by atoms with van der Waals surface area (Å²) in [6, 6.07) is 7.97. The van der Waals surface area contributed by atoms with Crippen molar-refractivity contribution in [1.82, 2.24) is 15.0 Å².